The predicted octanol–water partition coefficient (Wildman–Crippen LogP) is -0.686. The highest BCUT2D eigenvalue weighted by Gasteiger charge is 2.31. The molecule has 1 aromatic heterocycles. The molecule has 0 bridgehead atoms. The van der Waals surface area contributed by atoms with Gasteiger partial charge in [0.15, 0.2) is 0 Å². The van der Waals surface area contributed by atoms with E-state index in [9.17, 15) is 4.79 Å². The zero-order chi connectivity index (χ0) is 11.7. The first kappa shape index (κ1) is 10.8. The third-order valence-electron chi connectivity index (χ3n) is 2.65. The van der Waals surface area contributed by atoms with Crippen LogP contribution in [0.1, 0.15) is 6.04 Å². The van der Waals surface area contributed by atoms with Gasteiger partial charge in [-0.2, -0.15) is 4.98 Å². The summed E-state index contributed by atoms with van der Waals surface area (Å²) >= 11 is 0. The fourth-order valence-electron chi connectivity index (χ4n) is 1.73. The van der Waals surface area contributed by atoms with Crippen LogP contribution < -0.4 is 11.4 Å². The molecule has 1 aliphatic heterocycles. The largest absolute Gasteiger partial charge is 0.393 e. The number of hydrogen-bond acceptors (Lipinski definition) is 5. The number of nitrogen functional groups attached to an aromatic ring is 1. The third-order valence-corrected chi connectivity index (χ3v) is 2.65. The molecule has 1 aliphatic rings. The summed E-state index contributed by atoms with van der Waals surface area (Å²) in [7, 11) is 0. The van der Waals surface area contributed by atoms with Crippen LogP contribution in [0.15, 0.2) is 29.2 Å². The fraction of sp³-hybridized carbons (Fsp3) is 0.400. The summed E-state index contributed by atoms with van der Waals surface area (Å²) < 4.78 is 6.71. The van der Waals surface area contributed by atoms with Gasteiger partial charge in [-0.25, -0.2) is 4.79 Å². The highest BCUT2D eigenvalue weighted by Crippen LogP contribution is 2.27. The van der Waals surface area contributed by atoms with Gasteiger partial charge in [0.1, 0.15) is 11.9 Å². The topological polar surface area (TPSA) is 90.4 Å². The maximum absolute atomic E-state index is 11.6. The molecule has 0 unspecified atom stereocenters. The van der Waals surface area contributed by atoms with Crippen molar-refractivity contribution in [2.45, 2.75) is 12.1 Å². The van der Waals surface area contributed by atoms with Crippen molar-refractivity contribution >= 4 is 5.82 Å². The number of aliphatic hydroxyl groups is 1. The zero-order valence-electron chi connectivity index (χ0n) is 8.67. The van der Waals surface area contributed by atoms with Crippen molar-refractivity contribution in [3.05, 3.63) is 34.9 Å². The molecular formula is C10H13N3O3. The van der Waals surface area contributed by atoms with Crippen LogP contribution in [-0.2, 0) is 4.74 Å². The van der Waals surface area contributed by atoms with E-state index in [0.29, 0.717) is 12.2 Å². The van der Waals surface area contributed by atoms with Crippen LogP contribution >= 0.6 is 0 Å². The van der Waals surface area contributed by atoms with Gasteiger partial charge in [-0.15, -0.1) is 0 Å². The van der Waals surface area contributed by atoms with Crippen LogP contribution in [-0.4, -0.2) is 34.0 Å². The monoisotopic (exact) mass is 223 g/mol. The molecule has 1 aromatic rings. The number of hydrogen-bond donors (Lipinski definition) is 2. The van der Waals surface area contributed by atoms with Crippen molar-refractivity contribution in [2.24, 2.45) is 0 Å². The molecule has 16 heavy (non-hydrogen) atoms. The molecule has 6 nitrogen and oxygen atoms in total. The Morgan fingerprint density at radius 3 is 3.06 bits per heavy atom. The van der Waals surface area contributed by atoms with E-state index in [1.807, 2.05) is 0 Å². The summed E-state index contributed by atoms with van der Waals surface area (Å²) in [5.74, 6) is 0.185. The maximum atomic E-state index is 11.6. The number of aromatic nitrogens is 2. The molecule has 2 rings (SSSR count). The Hall–Kier alpha value is -1.66. The van der Waals surface area contributed by atoms with Crippen LogP contribution in [0.4, 0.5) is 5.82 Å². The van der Waals surface area contributed by atoms with Gasteiger partial charge < -0.3 is 15.6 Å². The Balaban J connectivity index is 2.32. The van der Waals surface area contributed by atoms with E-state index in [1.165, 1.54) is 4.57 Å². The molecule has 0 aliphatic carbocycles. The van der Waals surface area contributed by atoms with Crippen molar-refractivity contribution in [3.8, 4) is 0 Å². The Kier molecular flexibility index (Phi) is 2.76. The molecule has 86 valence electrons. The SMILES string of the molecule is C=C1[C@H](CO)OC[C@@H]1n1ccc(N)nc1=O. The molecule has 0 aromatic carbocycles. The Morgan fingerprint density at radius 1 is 1.75 bits per heavy atom. The molecule has 3 N–H and O–H groups in total. The standard InChI is InChI=1S/C10H13N3O3/c1-6-7(5-16-8(6)4-14)13-3-2-9(11)12-10(13)15/h2-3,7-8,14H,1,4-5H2,(H2,11,12,15)/t7-,8-/m0/s1. The lowest BCUT2D eigenvalue weighted by Gasteiger charge is -2.13. The summed E-state index contributed by atoms with van der Waals surface area (Å²) in [5, 5.41) is 9.01. The molecule has 2 heterocycles. The second-order valence-electron chi connectivity index (χ2n) is 3.64. The van der Waals surface area contributed by atoms with E-state index >= 15 is 0 Å². The Morgan fingerprint density at radius 2 is 2.50 bits per heavy atom. The maximum Gasteiger partial charge on any atom is 0.350 e. The minimum Gasteiger partial charge on any atom is -0.393 e. The molecule has 0 spiro atoms. The number of ether oxygens (including phenoxy) is 1. The summed E-state index contributed by atoms with van der Waals surface area (Å²) in [6.45, 7) is 4.01. The number of rotatable bonds is 2. The predicted molar refractivity (Wildman–Crippen MR) is 57.9 cm³/mol. The number of aliphatic hydroxyl groups excluding tert-OH is 1. The normalized spacial score (nSPS) is 24.9. The lowest BCUT2D eigenvalue weighted by atomic mass is 10.1. The van der Waals surface area contributed by atoms with Crippen molar-refractivity contribution in [2.75, 3.05) is 18.9 Å². The van der Waals surface area contributed by atoms with Crippen LogP contribution in [0.25, 0.3) is 0 Å². The van der Waals surface area contributed by atoms with Crippen molar-refractivity contribution < 1.29 is 9.84 Å². The average molecular weight is 223 g/mol. The van der Waals surface area contributed by atoms with Crippen LogP contribution in [0.2, 0.25) is 0 Å². The van der Waals surface area contributed by atoms with E-state index in [2.05, 4.69) is 11.6 Å². The van der Waals surface area contributed by atoms with E-state index in [-0.39, 0.29) is 18.5 Å². The first-order valence-corrected chi connectivity index (χ1v) is 4.89. The van der Waals surface area contributed by atoms with Crippen molar-refractivity contribution in [1.29, 1.82) is 0 Å². The number of nitrogens with two attached hydrogens (primary N) is 1. The molecule has 0 saturated carbocycles. The van der Waals surface area contributed by atoms with Gasteiger partial charge in [-0.05, 0) is 11.6 Å². The highest BCUT2D eigenvalue weighted by atomic mass is 16.5. The first-order valence-electron chi connectivity index (χ1n) is 4.89. The van der Waals surface area contributed by atoms with E-state index in [0.717, 1.165) is 0 Å². The summed E-state index contributed by atoms with van der Waals surface area (Å²) in [6.07, 6.45) is 1.15. The van der Waals surface area contributed by atoms with Crippen LogP contribution in [0.5, 0.6) is 0 Å². The van der Waals surface area contributed by atoms with E-state index in [1.54, 1.807) is 12.3 Å². The van der Waals surface area contributed by atoms with Gasteiger partial charge in [0, 0.05) is 6.20 Å². The molecule has 6 heteroatoms. The average Bonchev–Trinajstić information content (AvgIpc) is 2.60. The van der Waals surface area contributed by atoms with E-state index in [4.69, 9.17) is 15.6 Å². The first-order chi connectivity index (χ1) is 7.63. The van der Waals surface area contributed by atoms with Crippen molar-refractivity contribution in [3.63, 3.8) is 0 Å². The molecule has 1 saturated heterocycles. The molecule has 1 fully saturated rings. The van der Waals surface area contributed by atoms with Crippen molar-refractivity contribution in [1.82, 2.24) is 9.55 Å². The smallest absolute Gasteiger partial charge is 0.350 e. The summed E-state index contributed by atoms with van der Waals surface area (Å²) in [5.41, 5.74) is 5.64. The minimum absolute atomic E-state index is 0.132. The van der Waals surface area contributed by atoms with Gasteiger partial charge in [0.25, 0.3) is 0 Å². The highest BCUT2D eigenvalue weighted by molar-refractivity contribution is 5.25. The Labute approximate surface area is 92.0 Å². The molecule has 2 atom stereocenters. The third kappa shape index (κ3) is 1.72. The van der Waals surface area contributed by atoms with Gasteiger partial charge in [0.05, 0.1) is 19.3 Å². The molecular weight excluding hydrogens is 210 g/mol. The number of anilines is 1. The van der Waals surface area contributed by atoms with Gasteiger partial charge in [0.2, 0.25) is 0 Å². The summed E-state index contributed by atoms with van der Waals surface area (Å²) in [4.78, 5) is 15.2. The lowest BCUT2D eigenvalue weighted by molar-refractivity contribution is 0.0686. The Bertz CT molecular complexity index is 469. The number of nitrogens with zero attached hydrogens (tertiary/aromatic N) is 2. The van der Waals surface area contributed by atoms with E-state index < -0.39 is 11.8 Å². The lowest BCUT2D eigenvalue weighted by Crippen LogP contribution is -2.28. The zero-order valence-corrected chi connectivity index (χ0v) is 8.67. The second kappa shape index (κ2) is 4.07. The quantitative estimate of drug-likeness (QED) is 0.648. The van der Waals surface area contributed by atoms with Gasteiger partial charge in [-0.1, -0.05) is 6.58 Å². The second-order valence-corrected chi connectivity index (χ2v) is 3.64. The minimum atomic E-state index is -0.437. The fourth-order valence-corrected chi connectivity index (χ4v) is 1.73. The molecule has 0 radical (unpaired) electrons. The molecule has 0 amide bonds. The summed E-state index contributed by atoms with van der Waals surface area (Å²) in [6, 6.07) is 1.26. The van der Waals surface area contributed by atoms with Gasteiger partial charge >= 0.3 is 5.69 Å². The van der Waals surface area contributed by atoms with Crippen LogP contribution in [0.3, 0.4) is 0 Å². The van der Waals surface area contributed by atoms with Gasteiger partial charge in [-0.3, -0.25) is 4.57 Å². The van der Waals surface area contributed by atoms with Crippen LogP contribution in [0, 0.1) is 0 Å².